The van der Waals surface area contributed by atoms with Gasteiger partial charge in [0.05, 0.1) is 36.6 Å². The Morgan fingerprint density at radius 1 is 1.28 bits per heavy atom. The van der Waals surface area contributed by atoms with Crippen LogP contribution in [-0.4, -0.2) is 34.7 Å². The van der Waals surface area contributed by atoms with E-state index in [0.29, 0.717) is 11.6 Å². The van der Waals surface area contributed by atoms with Crippen molar-refractivity contribution in [1.29, 1.82) is 0 Å². The number of pyridine rings is 2. The maximum absolute atomic E-state index is 13.2. The van der Waals surface area contributed by atoms with E-state index < -0.39 is 29.3 Å². The first-order valence-electron chi connectivity index (χ1n) is 9.34. The van der Waals surface area contributed by atoms with Crippen molar-refractivity contribution >= 4 is 11.6 Å². The van der Waals surface area contributed by atoms with Crippen LogP contribution in [-0.2, 0) is 15.7 Å². The fraction of sp³-hybridized carbons (Fsp3) is 0.450. The topological polar surface area (TPSA) is 73.3 Å². The number of carbonyl (C=O) groups is 1. The summed E-state index contributed by atoms with van der Waals surface area (Å²) in [5.41, 5.74) is -0.826. The highest BCUT2D eigenvalue weighted by molar-refractivity contribution is 5.94. The maximum atomic E-state index is 13.2. The molecule has 4 aliphatic rings. The van der Waals surface area contributed by atoms with Crippen molar-refractivity contribution < 1.29 is 27.4 Å². The van der Waals surface area contributed by atoms with E-state index >= 15 is 0 Å². The summed E-state index contributed by atoms with van der Waals surface area (Å²) in [6.45, 7) is 0. The van der Waals surface area contributed by atoms with Crippen LogP contribution < -0.4 is 10.1 Å². The summed E-state index contributed by atoms with van der Waals surface area (Å²) in [4.78, 5) is 21.1. The SMILES string of the molecule is COc1ccc(NC(=O)[C@H]2[C@@H](c3cccc(C(F)(F)F)n3)[C@H]3OC24CC3C4)cn1. The van der Waals surface area contributed by atoms with Crippen LogP contribution in [0.1, 0.15) is 30.1 Å². The lowest BCUT2D eigenvalue weighted by atomic mass is 9.54. The van der Waals surface area contributed by atoms with E-state index in [1.165, 1.54) is 19.4 Å². The van der Waals surface area contributed by atoms with Crippen LogP contribution in [0.2, 0.25) is 0 Å². The molecule has 2 aromatic rings. The van der Waals surface area contributed by atoms with Crippen molar-refractivity contribution in [1.82, 2.24) is 9.97 Å². The Morgan fingerprint density at radius 3 is 2.72 bits per heavy atom. The van der Waals surface area contributed by atoms with Gasteiger partial charge >= 0.3 is 6.18 Å². The molecule has 152 valence electrons. The van der Waals surface area contributed by atoms with E-state index in [4.69, 9.17) is 9.47 Å². The van der Waals surface area contributed by atoms with E-state index in [-0.39, 0.29) is 23.6 Å². The molecule has 3 bridgehead atoms. The minimum absolute atomic E-state index is 0.254. The molecule has 3 aliphatic heterocycles. The van der Waals surface area contributed by atoms with E-state index in [0.717, 1.165) is 18.9 Å². The van der Waals surface area contributed by atoms with Gasteiger partial charge in [-0.05, 0) is 37.0 Å². The molecule has 2 aromatic heterocycles. The van der Waals surface area contributed by atoms with Gasteiger partial charge in [0.2, 0.25) is 11.8 Å². The number of ether oxygens (including phenoxy) is 2. The molecule has 1 saturated carbocycles. The van der Waals surface area contributed by atoms with Gasteiger partial charge in [-0.1, -0.05) is 6.07 Å². The van der Waals surface area contributed by atoms with Gasteiger partial charge in [-0.3, -0.25) is 4.79 Å². The molecule has 1 spiro atoms. The Kier molecular flexibility index (Phi) is 3.90. The first kappa shape index (κ1) is 18.4. The molecular formula is C20H18F3N3O3. The summed E-state index contributed by atoms with van der Waals surface area (Å²) in [5, 5.41) is 2.83. The summed E-state index contributed by atoms with van der Waals surface area (Å²) in [5.74, 6) is -0.714. The quantitative estimate of drug-likeness (QED) is 0.844. The molecular weight excluding hydrogens is 387 g/mol. The van der Waals surface area contributed by atoms with Crippen LogP contribution in [0.4, 0.5) is 18.9 Å². The average molecular weight is 405 g/mol. The fourth-order valence-corrected chi connectivity index (χ4v) is 5.07. The van der Waals surface area contributed by atoms with Crippen LogP contribution in [0.25, 0.3) is 0 Å². The van der Waals surface area contributed by atoms with Crippen molar-refractivity contribution in [2.24, 2.45) is 11.8 Å². The minimum atomic E-state index is -4.54. The molecule has 1 N–H and O–H groups in total. The number of hydrogen-bond donors (Lipinski definition) is 1. The van der Waals surface area contributed by atoms with E-state index in [9.17, 15) is 18.0 Å². The van der Waals surface area contributed by atoms with Gasteiger partial charge in [-0.15, -0.1) is 0 Å². The number of amides is 1. The fourth-order valence-electron chi connectivity index (χ4n) is 5.07. The summed E-state index contributed by atoms with van der Waals surface area (Å²) >= 11 is 0. The third kappa shape index (κ3) is 2.78. The van der Waals surface area contributed by atoms with Gasteiger partial charge in [-0.25, -0.2) is 9.97 Å². The minimum Gasteiger partial charge on any atom is -0.481 e. The Bertz CT molecular complexity index is 957. The van der Waals surface area contributed by atoms with Crippen LogP contribution in [0.3, 0.4) is 0 Å². The van der Waals surface area contributed by atoms with Gasteiger partial charge in [0.15, 0.2) is 0 Å². The number of alkyl halides is 3. The van der Waals surface area contributed by atoms with Crippen LogP contribution in [0, 0.1) is 11.8 Å². The second kappa shape index (κ2) is 6.16. The highest BCUT2D eigenvalue weighted by atomic mass is 19.4. The number of halogens is 3. The maximum Gasteiger partial charge on any atom is 0.433 e. The standard InChI is InChI=1S/C20H18F3N3O3/c1-28-14-6-5-11(9-24-14)25-18(27)16-15(17-10-7-19(16,8-10)29-17)12-3-2-4-13(26-12)20(21,22)23/h2-6,9-10,15-17H,7-8H2,1H3,(H,25,27)/t10?,15-,16-,17+,19?/m1/s1. The lowest BCUT2D eigenvalue weighted by Crippen LogP contribution is -2.54. The monoisotopic (exact) mass is 405 g/mol. The van der Waals surface area contributed by atoms with Crippen molar-refractivity contribution in [2.45, 2.75) is 36.6 Å². The predicted molar refractivity (Wildman–Crippen MR) is 95.2 cm³/mol. The second-order valence-corrected chi connectivity index (χ2v) is 7.84. The molecule has 1 amide bonds. The van der Waals surface area contributed by atoms with Gasteiger partial charge in [0, 0.05) is 17.7 Å². The van der Waals surface area contributed by atoms with E-state index in [2.05, 4.69) is 15.3 Å². The molecule has 6 rings (SSSR count). The molecule has 0 radical (unpaired) electrons. The van der Waals surface area contributed by atoms with Crippen LogP contribution in [0.5, 0.6) is 5.88 Å². The first-order valence-corrected chi connectivity index (χ1v) is 9.34. The number of rotatable bonds is 4. The Morgan fingerprint density at radius 2 is 2.07 bits per heavy atom. The van der Waals surface area contributed by atoms with Crippen molar-refractivity contribution in [3.63, 3.8) is 0 Å². The lowest BCUT2D eigenvalue weighted by Gasteiger charge is -2.46. The summed E-state index contributed by atoms with van der Waals surface area (Å²) < 4.78 is 50.5. The Balaban J connectivity index is 1.45. The molecule has 5 heterocycles. The van der Waals surface area contributed by atoms with E-state index in [1.54, 1.807) is 18.2 Å². The van der Waals surface area contributed by atoms with E-state index in [1.807, 2.05) is 0 Å². The van der Waals surface area contributed by atoms with Gasteiger partial charge in [0.1, 0.15) is 5.69 Å². The molecule has 0 aromatic carbocycles. The normalized spacial score (nSPS) is 32.0. The molecule has 9 heteroatoms. The number of hydrogen-bond acceptors (Lipinski definition) is 5. The third-order valence-electron chi connectivity index (χ3n) is 6.23. The molecule has 3 atom stereocenters. The van der Waals surface area contributed by atoms with Gasteiger partial charge in [-0.2, -0.15) is 13.2 Å². The number of nitrogens with one attached hydrogen (secondary N) is 1. The molecule has 29 heavy (non-hydrogen) atoms. The Hall–Kier alpha value is -2.68. The summed E-state index contributed by atoms with van der Waals surface area (Å²) in [7, 11) is 1.49. The van der Waals surface area contributed by atoms with Crippen LogP contribution >= 0.6 is 0 Å². The number of nitrogens with zero attached hydrogens (tertiary/aromatic N) is 2. The smallest absolute Gasteiger partial charge is 0.433 e. The lowest BCUT2D eigenvalue weighted by molar-refractivity contribution is -0.141. The zero-order chi connectivity index (χ0) is 20.4. The molecule has 4 fully saturated rings. The van der Waals surface area contributed by atoms with Gasteiger partial charge < -0.3 is 14.8 Å². The van der Waals surface area contributed by atoms with Crippen molar-refractivity contribution in [3.05, 3.63) is 47.9 Å². The molecule has 3 saturated heterocycles. The van der Waals surface area contributed by atoms with Crippen molar-refractivity contribution in [2.75, 3.05) is 12.4 Å². The number of aromatic nitrogens is 2. The van der Waals surface area contributed by atoms with Gasteiger partial charge in [0.25, 0.3) is 0 Å². The summed E-state index contributed by atoms with van der Waals surface area (Å²) in [6, 6.07) is 7.11. The zero-order valence-electron chi connectivity index (χ0n) is 15.4. The molecule has 1 aliphatic carbocycles. The van der Waals surface area contributed by atoms with Crippen LogP contribution in [0.15, 0.2) is 36.5 Å². The number of anilines is 1. The second-order valence-electron chi connectivity index (χ2n) is 7.84. The molecule has 0 unspecified atom stereocenters. The van der Waals surface area contributed by atoms with Crippen molar-refractivity contribution in [3.8, 4) is 5.88 Å². The number of carbonyl (C=O) groups excluding carboxylic acids is 1. The predicted octanol–water partition coefficient (Wildman–Crippen LogP) is 3.40. The largest absolute Gasteiger partial charge is 0.481 e. The zero-order valence-corrected chi connectivity index (χ0v) is 15.4. The average Bonchev–Trinajstić information content (AvgIpc) is 3.33. The summed E-state index contributed by atoms with van der Waals surface area (Å²) in [6.07, 6.45) is -1.83. The molecule has 6 nitrogen and oxygen atoms in total. The number of methoxy groups -OCH3 is 1. The highest BCUT2D eigenvalue weighted by Crippen LogP contribution is 2.68. The Labute approximate surface area is 164 Å². The highest BCUT2D eigenvalue weighted by Gasteiger charge is 2.73. The first-order chi connectivity index (χ1) is 13.8. The third-order valence-corrected chi connectivity index (χ3v) is 6.23.